The van der Waals surface area contributed by atoms with Gasteiger partial charge >= 0.3 is 0 Å². The third-order valence-corrected chi connectivity index (χ3v) is 2.92. The average Bonchev–Trinajstić information content (AvgIpc) is 2.35. The van der Waals surface area contributed by atoms with E-state index in [0.29, 0.717) is 11.4 Å². The second-order valence-corrected chi connectivity index (χ2v) is 6.33. The minimum atomic E-state index is -0.573. The molecule has 0 fully saturated rings. The molecular formula is C15H19ClN4O3. The van der Waals surface area contributed by atoms with Crippen molar-refractivity contribution in [3.05, 3.63) is 33.3 Å². The van der Waals surface area contributed by atoms with Gasteiger partial charge in [0, 0.05) is 13.0 Å². The number of carbonyl (C=O) groups is 1. The van der Waals surface area contributed by atoms with Crippen molar-refractivity contribution in [1.82, 2.24) is 0 Å². The number of carbonyl (C=O) groups excluding carboxylic acids is 1. The van der Waals surface area contributed by atoms with E-state index in [-0.39, 0.29) is 27.7 Å². The van der Waals surface area contributed by atoms with Crippen LogP contribution in [0.4, 0.5) is 11.4 Å². The third-order valence-electron chi connectivity index (χ3n) is 2.62. The van der Waals surface area contributed by atoms with E-state index < -0.39 is 4.92 Å². The number of nitro groups is 1. The molecule has 1 aromatic rings. The van der Waals surface area contributed by atoms with E-state index in [1.807, 2.05) is 20.8 Å². The number of Topliss-reactive ketones (excluding diaryl/α,β-unsaturated/α-hetero) is 1. The number of nitro benzene ring substituents is 1. The number of nitrogens with one attached hydrogen (secondary N) is 1. The summed E-state index contributed by atoms with van der Waals surface area (Å²) in [6, 6.07) is 4.10. The quantitative estimate of drug-likeness (QED) is 0.500. The molecular weight excluding hydrogens is 320 g/mol. The first-order chi connectivity index (χ1) is 10.5. The molecule has 0 amide bonds. The molecule has 1 rings (SSSR count). The standard InChI is InChI=1S/C15H19ClN4O3/c1-9(17-15(3,4)5)14(10(2)21)19-18-11-6-7-13(20(22)23)12(16)8-11/h6-8,18H,1-5H3/b17-9?,19-14+. The summed E-state index contributed by atoms with van der Waals surface area (Å²) in [6.45, 7) is 8.84. The largest absolute Gasteiger partial charge is 0.293 e. The van der Waals surface area contributed by atoms with E-state index in [1.54, 1.807) is 6.92 Å². The number of anilines is 1. The first-order valence-corrected chi connectivity index (χ1v) is 7.24. The highest BCUT2D eigenvalue weighted by Crippen LogP contribution is 2.27. The third kappa shape index (κ3) is 5.78. The van der Waals surface area contributed by atoms with Crippen LogP contribution in [0.1, 0.15) is 34.6 Å². The van der Waals surface area contributed by atoms with Crippen LogP contribution < -0.4 is 5.43 Å². The fourth-order valence-corrected chi connectivity index (χ4v) is 2.06. The molecule has 0 atom stereocenters. The molecule has 8 heteroatoms. The molecule has 7 nitrogen and oxygen atoms in total. The number of hydrogen-bond acceptors (Lipinski definition) is 6. The summed E-state index contributed by atoms with van der Waals surface area (Å²) in [7, 11) is 0. The number of hydrazone groups is 1. The lowest BCUT2D eigenvalue weighted by Crippen LogP contribution is -2.24. The lowest BCUT2D eigenvalue weighted by molar-refractivity contribution is -0.384. The molecule has 0 aliphatic rings. The minimum absolute atomic E-state index is 0.0142. The van der Waals surface area contributed by atoms with Crippen molar-refractivity contribution in [2.45, 2.75) is 40.2 Å². The number of aliphatic imine (C=N–C) groups is 1. The van der Waals surface area contributed by atoms with Gasteiger partial charge in [-0.05, 0) is 39.8 Å². The highest BCUT2D eigenvalue weighted by molar-refractivity contribution is 6.66. The van der Waals surface area contributed by atoms with E-state index in [4.69, 9.17) is 11.6 Å². The molecule has 1 N–H and O–H groups in total. The van der Waals surface area contributed by atoms with Crippen molar-refractivity contribution in [2.75, 3.05) is 5.43 Å². The highest BCUT2D eigenvalue weighted by Gasteiger charge is 2.15. The summed E-state index contributed by atoms with van der Waals surface area (Å²) in [6.07, 6.45) is 0. The Labute approximate surface area is 139 Å². The van der Waals surface area contributed by atoms with Gasteiger partial charge in [-0.2, -0.15) is 5.10 Å². The predicted molar refractivity (Wildman–Crippen MR) is 92.7 cm³/mol. The van der Waals surface area contributed by atoms with Crippen LogP contribution in [0.2, 0.25) is 5.02 Å². The van der Waals surface area contributed by atoms with Gasteiger partial charge in [0.05, 0.1) is 21.9 Å². The fourth-order valence-electron chi connectivity index (χ4n) is 1.82. The molecule has 23 heavy (non-hydrogen) atoms. The van der Waals surface area contributed by atoms with Crippen LogP contribution in [0.15, 0.2) is 28.3 Å². The van der Waals surface area contributed by atoms with Crippen LogP contribution in [-0.2, 0) is 4.79 Å². The highest BCUT2D eigenvalue weighted by atomic mass is 35.5. The second-order valence-electron chi connectivity index (χ2n) is 5.92. The molecule has 0 saturated carbocycles. The summed E-state index contributed by atoms with van der Waals surface area (Å²) in [4.78, 5) is 26.3. The Bertz CT molecular complexity index is 690. The molecule has 0 unspecified atom stereocenters. The Balaban J connectivity index is 3.08. The van der Waals surface area contributed by atoms with Gasteiger partial charge in [-0.25, -0.2) is 0 Å². The number of halogens is 1. The second kappa shape index (κ2) is 7.32. The molecule has 0 saturated heterocycles. The van der Waals surface area contributed by atoms with Crippen molar-refractivity contribution < 1.29 is 9.72 Å². The van der Waals surface area contributed by atoms with Gasteiger partial charge in [0.1, 0.15) is 10.7 Å². The smallest absolute Gasteiger partial charge is 0.288 e. The summed E-state index contributed by atoms with van der Waals surface area (Å²) >= 11 is 5.83. The van der Waals surface area contributed by atoms with E-state index in [9.17, 15) is 14.9 Å². The Morgan fingerprint density at radius 2 is 1.91 bits per heavy atom. The number of benzene rings is 1. The van der Waals surface area contributed by atoms with Crippen molar-refractivity contribution in [1.29, 1.82) is 0 Å². The Morgan fingerprint density at radius 1 is 1.30 bits per heavy atom. The zero-order valence-electron chi connectivity index (χ0n) is 13.7. The van der Waals surface area contributed by atoms with Gasteiger partial charge < -0.3 is 0 Å². The maximum absolute atomic E-state index is 11.7. The molecule has 0 aliphatic carbocycles. The molecule has 0 spiro atoms. The normalized spacial score (nSPS) is 13.0. The van der Waals surface area contributed by atoms with Gasteiger partial charge in [-0.3, -0.25) is 25.3 Å². The maximum Gasteiger partial charge on any atom is 0.288 e. The molecule has 1 aromatic carbocycles. The molecule has 0 heterocycles. The van der Waals surface area contributed by atoms with Gasteiger partial charge in [-0.15, -0.1) is 0 Å². The lowest BCUT2D eigenvalue weighted by atomic mass is 10.1. The van der Waals surface area contributed by atoms with Gasteiger partial charge in [0.2, 0.25) is 0 Å². The van der Waals surface area contributed by atoms with Gasteiger partial charge in [0.15, 0.2) is 5.78 Å². The monoisotopic (exact) mass is 338 g/mol. The molecule has 0 aliphatic heterocycles. The minimum Gasteiger partial charge on any atom is -0.293 e. The predicted octanol–water partition coefficient (Wildman–Crippen LogP) is 3.86. The number of rotatable bonds is 5. The summed E-state index contributed by atoms with van der Waals surface area (Å²) in [5.41, 5.74) is 3.27. The lowest BCUT2D eigenvalue weighted by Gasteiger charge is -2.14. The number of hydrogen-bond donors (Lipinski definition) is 1. The Morgan fingerprint density at radius 3 is 2.35 bits per heavy atom. The molecule has 0 bridgehead atoms. The van der Waals surface area contributed by atoms with E-state index >= 15 is 0 Å². The van der Waals surface area contributed by atoms with Crippen molar-refractivity contribution in [3.63, 3.8) is 0 Å². The molecule has 124 valence electrons. The van der Waals surface area contributed by atoms with Gasteiger partial charge in [-0.1, -0.05) is 11.6 Å². The molecule has 0 aromatic heterocycles. The van der Waals surface area contributed by atoms with Crippen LogP contribution in [-0.4, -0.2) is 27.7 Å². The maximum atomic E-state index is 11.7. The van der Waals surface area contributed by atoms with Crippen LogP contribution >= 0.6 is 11.6 Å². The summed E-state index contributed by atoms with van der Waals surface area (Å²) in [5, 5.41) is 14.8. The average molecular weight is 339 g/mol. The van der Waals surface area contributed by atoms with E-state index in [2.05, 4.69) is 15.5 Å². The van der Waals surface area contributed by atoms with Crippen molar-refractivity contribution in [3.8, 4) is 0 Å². The zero-order valence-corrected chi connectivity index (χ0v) is 14.4. The first-order valence-electron chi connectivity index (χ1n) is 6.86. The van der Waals surface area contributed by atoms with Gasteiger partial charge in [0.25, 0.3) is 5.69 Å². The summed E-state index contributed by atoms with van der Waals surface area (Å²) in [5.74, 6) is -0.240. The number of nitrogens with zero attached hydrogens (tertiary/aromatic N) is 3. The first kappa shape index (κ1) is 18.8. The SMILES string of the molecule is CC(=O)/C(=N/Nc1ccc([N+](=O)[O-])c(Cl)c1)C(C)=NC(C)(C)C. The van der Waals surface area contributed by atoms with Crippen LogP contribution in [0.5, 0.6) is 0 Å². The fraction of sp³-hybridized carbons (Fsp3) is 0.400. The number of ketones is 1. The molecule has 0 radical (unpaired) electrons. The van der Waals surface area contributed by atoms with Crippen LogP contribution in [0.3, 0.4) is 0 Å². The van der Waals surface area contributed by atoms with E-state index in [1.165, 1.54) is 25.1 Å². The van der Waals surface area contributed by atoms with E-state index in [0.717, 1.165) is 0 Å². The Kier molecular flexibility index (Phi) is 5.98. The summed E-state index contributed by atoms with van der Waals surface area (Å²) < 4.78 is 0. The topological polar surface area (TPSA) is 97.0 Å². The Hall–Kier alpha value is -2.28. The van der Waals surface area contributed by atoms with Crippen molar-refractivity contribution in [2.24, 2.45) is 10.1 Å². The van der Waals surface area contributed by atoms with Crippen LogP contribution in [0, 0.1) is 10.1 Å². The van der Waals surface area contributed by atoms with Crippen LogP contribution in [0.25, 0.3) is 0 Å². The van der Waals surface area contributed by atoms with Crippen molar-refractivity contribution >= 4 is 40.2 Å². The zero-order chi connectivity index (χ0) is 17.8.